The van der Waals surface area contributed by atoms with Crippen molar-refractivity contribution in [1.82, 2.24) is 15.3 Å². The summed E-state index contributed by atoms with van der Waals surface area (Å²) in [5.41, 5.74) is 7.32. The second-order valence-corrected chi connectivity index (χ2v) is 9.17. The third-order valence-electron chi connectivity index (χ3n) is 5.40. The molecule has 2 aromatic rings. The first-order chi connectivity index (χ1) is 16.0. The molecule has 10 heteroatoms. The molecule has 0 radical (unpaired) electrons. The fourth-order valence-electron chi connectivity index (χ4n) is 3.35. The van der Waals surface area contributed by atoms with Gasteiger partial charge in [-0.25, -0.2) is 9.97 Å². The Morgan fingerprint density at radius 1 is 1.24 bits per heavy atom. The number of carbonyl (C=O) groups excluding carboxylic acids is 1. The maximum absolute atomic E-state index is 12.0. The number of rotatable bonds is 9. The first kappa shape index (κ1) is 23.1. The molecule has 4 rings (SSSR count). The Kier molecular flexibility index (Phi) is 7.46. The molecule has 1 aromatic heterocycles. The third-order valence-corrected chi connectivity index (χ3v) is 6.27. The van der Waals surface area contributed by atoms with Crippen molar-refractivity contribution < 1.29 is 4.79 Å². The lowest BCUT2D eigenvalue weighted by Crippen LogP contribution is -2.44. The molecular formula is C23H30N8OS. The van der Waals surface area contributed by atoms with Crippen LogP contribution in [0.15, 0.2) is 52.3 Å². The van der Waals surface area contributed by atoms with Crippen LogP contribution in [0.4, 0.5) is 17.3 Å². The topological polar surface area (TPSA) is 132 Å². The Bertz CT molecular complexity index is 1030. The zero-order chi connectivity index (χ0) is 23.2. The van der Waals surface area contributed by atoms with Crippen LogP contribution >= 0.6 is 11.8 Å². The summed E-state index contributed by atoms with van der Waals surface area (Å²) in [5.74, 6) is 2.07. The molecule has 6 N–H and O–H groups in total. The van der Waals surface area contributed by atoms with E-state index in [1.54, 1.807) is 6.08 Å². The monoisotopic (exact) mass is 466 g/mol. The van der Waals surface area contributed by atoms with Gasteiger partial charge >= 0.3 is 0 Å². The number of nitrogens with two attached hydrogens (primary N) is 1. The van der Waals surface area contributed by atoms with Crippen LogP contribution in [-0.2, 0) is 4.79 Å². The zero-order valence-corrected chi connectivity index (χ0v) is 19.5. The summed E-state index contributed by atoms with van der Waals surface area (Å²) in [6, 6.07) is 9.61. The Labute approximate surface area is 198 Å². The van der Waals surface area contributed by atoms with E-state index in [0.717, 1.165) is 55.4 Å². The zero-order valence-electron chi connectivity index (χ0n) is 18.7. The van der Waals surface area contributed by atoms with E-state index in [4.69, 9.17) is 16.1 Å². The van der Waals surface area contributed by atoms with Crippen molar-refractivity contribution >= 4 is 40.7 Å². The highest BCUT2D eigenvalue weighted by Gasteiger charge is 2.29. The number of hydrogen-bond donors (Lipinski definition) is 5. The number of amides is 1. The number of benzene rings is 1. The molecule has 2 fully saturated rings. The van der Waals surface area contributed by atoms with Crippen molar-refractivity contribution in [3.63, 3.8) is 0 Å². The van der Waals surface area contributed by atoms with Gasteiger partial charge in [-0.1, -0.05) is 6.92 Å². The molecule has 0 atom stereocenters. The van der Waals surface area contributed by atoms with Gasteiger partial charge in [-0.2, -0.15) is 0 Å². The molecule has 2 heterocycles. The smallest absolute Gasteiger partial charge is 0.227 e. The van der Waals surface area contributed by atoms with E-state index < -0.39 is 0 Å². The summed E-state index contributed by atoms with van der Waals surface area (Å²) in [4.78, 5) is 24.6. The molecule has 1 aromatic carbocycles. The number of aromatic nitrogens is 2. The summed E-state index contributed by atoms with van der Waals surface area (Å²) < 4.78 is 0. The maximum Gasteiger partial charge on any atom is 0.227 e. The molecule has 1 saturated heterocycles. The van der Waals surface area contributed by atoms with Crippen molar-refractivity contribution in [1.29, 1.82) is 5.41 Å². The van der Waals surface area contributed by atoms with Gasteiger partial charge in [-0.3, -0.25) is 4.79 Å². The fraction of sp³-hybridized carbons (Fsp3) is 0.391. The number of nitrogens with one attached hydrogen (secondary N) is 4. The molecule has 1 aliphatic heterocycles. The molecule has 0 bridgehead atoms. The van der Waals surface area contributed by atoms with Gasteiger partial charge in [0.25, 0.3) is 0 Å². The Balaban J connectivity index is 1.52. The van der Waals surface area contributed by atoms with Crippen LogP contribution in [0.25, 0.3) is 0 Å². The van der Waals surface area contributed by atoms with E-state index in [9.17, 15) is 4.79 Å². The minimum absolute atomic E-state index is 0.0972. The molecule has 2 aliphatic rings. The number of allylic oxidation sites excluding steroid dienone is 1. The van der Waals surface area contributed by atoms with E-state index in [1.807, 2.05) is 37.3 Å². The van der Waals surface area contributed by atoms with Crippen LogP contribution in [0.1, 0.15) is 26.2 Å². The predicted molar refractivity (Wildman–Crippen MR) is 133 cm³/mol. The predicted octanol–water partition coefficient (Wildman–Crippen LogP) is 3.03. The fourth-order valence-corrected chi connectivity index (χ4v) is 4.12. The average molecular weight is 467 g/mol. The second-order valence-electron chi connectivity index (χ2n) is 8.12. The highest BCUT2D eigenvalue weighted by Crippen LogP contribution is 2.32. The molecule has 1 amide bonds. The lowest BCUT2D eigenvalue weighted by molar-refractivity contribution is -0.117. The lowest BCUT2D eigenvalue weighted by atomic mass is 10.3. The molecule has 9 nitrogen and oxygen atoms in total. The molecule has 1 aliphatic carbocycles. The minimum atomic E-state index is 0.0972. The number of carbonyl (C=O) groups is 1. The number of anilines is 3. The van der Waals surface area contributed by atoms with Gasteiger partial charge in [0, 0.05) is 54.5 Å². The summed E-state index contributed by atoms with van der Waals surface area (Å²) in [5, 5.41) is 17.9. The summed E-state index contributed by atoms with van der Waals surface area (Å²) in [6.07, 6.45) is 4.18. The Morgan fingerprint density at radius 3 is 2.64 bits per heavy atom. The summed E-state index contributed by atoms with van der Waals surface area (Å²) >= 11 is 1.45. The van der Waals surface area contributed by atoms with Crippen molar-refractivity contribution in [3.05, 3.63) is 42.2 Å². The molecular weight excluding hydrogens is 436 g/mol. The van der Waals surface area contributed by atoms with Crippen molar-refractivity contribution in [2.24, 2.45) is 11.7 Å². The van der Waals surface area contributed by atoms with E-state index in [-0.39, 0.29) is 11.8 Å². The molecule has 0 spiro atoms. The first-order valence-corrected chi connectivity index (χ1v) is 12.1. The van der Waals surface area contributed by atoms with Gasteiger partial charge in [0.1, 0.15) is 17.5 Å². The van der Waals surface area contributed by atoms with E-state index in [1.165, 1.54) is 11.8 Å². The van der Waals surface area contributed by atoms with Crippen molar-refractivity contribution in [2.45, 2.75) is 36.2 Å². The van der Waals surface area contributed by atoms with Crippen LogP contribution < -0.4 is 26.6 Å². The Hall–Kier alpha value is -3.11. The van der Waals surface area contributed by atoms with E-state index >= 15 is 0 Å². The standard InChI is InChI=1S/C23H30N8OS/c1-2-16(24)13-19(25)28-20-14-21(31-11-9-26-10-12-31)30-23(29-20)33-18-7-5-17(6-8-18)27-22(32)15-3-4-15/h5-8,13-15,24,26H,2-4,9-12,25H2,1H3,(H,27,32)(H,28,29,30)/b19-13+,24-16?. The second kappa shape index (κ2) is 10.7. The quantitative estimate of drug-likeness (QED) is 0.281. The van der Waals surface area contributed by atoms with Crippen molar-refractivity contribution in [3.8, 4) is 0 Å². The van der Waals surface area contributed by atoms with Gasteiger partial charge in [-0.05, 0) is 61.4 Å². The van der Waals surface area contributed by atoms with Gasteiger partial charge < -0.3 is 32.0 Å². The van der Waals surface area contributed by atoms with Crippen LogP contribution in [0, 0.1) is 11.3 Å². The van der Waals surface area contributed by atoms with Gasteiger partial charge in [0.2, 0.25) is 5.91 Å². The minimum Gasteiger partial charge on any atom is -0.385 e. The first-order valence-electron chi connectivity index (χ1n) is 11.3. The summed E-state index contributed by atoms with van der Waals surface area (Å²) in [7, 11) is 0. The molecule has 0 unspecified atom stereocenters. The van der Waals surface area contributed by atoms with E-state index in [0.29, 0.717) is 28.9 Å². The van der Waals surface area contributed by atoms with Gasteiger partial charge in [0.05, 0.1) is 0 Å². The van der Waals surface area contributed by atoms with Gasteiger partial charge in [0.15, 0.2) is 5.16 Å². The van der Waals surface area contributed by atoms with Crippen LogP contribution in [0.3, 0.4) is 0 Å². The average Bonchev–Trinajstić information content (AvgIpc) is 3.66. The van der Waals surface area contributed by atoms with Crippen molar-refractivity contribution in [2.75, 3.05) is 41.7 Å². The largest absolute Gasteiger partial charge is 0.385 e. The molecule has 33 heavy (non-hydrogen) atoms. The SMILES string of the molecule is CCC(=N)/C=C(\N)Nc1cc(N2CCNCC2)nc(Sc2ccc(NC(=O)C3CC3)cc2)n1. The third kappa shape index (κ3) is 6.69. The lowest BCUT2D eigenvalue weighted by Gasteiger charge is -2.28. The Morgan fingerprint density at radius 2 is 1.97 bits per heavy atom. The van der Waals surface area contributed by atoms with Crippen LogP contribution in [0.2, 0.25) is 0 Å². The highest BCUT2D eigenvalue weighted by atomic mass is 32.2. The highest BCUT2D eigenvalue weighted by molar-refractivity contribution is 7.99. The number of nitrogens with zero attached hydrogens (tertiary/aromatic N) is 3. The van der Waals surface area contributed by atoms with Gasteiger partial charge in [-0.15, -0.1) is 0 Å². The normalized spacial score (nSPS) is 16.4. The van der Waals surface area contributed by atoms with Crippen LogP contribution in [-0.4, -0.2) is 47.8 Å². The number of hydrogen-bond acceptors (Lipinski definition) is 9. The number of piperazine rings is 1. The molecule has 1 saturated carbocycles. The maximum atomic E-state index is 12.0. The van der Waals surface area contributed by atoms with E-state index in [2.05, 4.69) is 25.8 Å². The van der Waals surface area contributed by atoms with Crippen LogP contribution in [0.5, 0.6) is 0 Å². The molecule has 174 valence electrons. The summed E-state index contributed by atoms with van der Waals surface area (Å²) in [6.45, 7) is 5.44.